The Morgan fingerprint density at radius 3 is 2.54 bits per heavy atom. The SMILES string of the molecule is O=c1c2c(c3c(-c4ccccc4)c(O)ccc3n1CCBr)CCC2. The quantitative estimate of drug-likeness (QED) is 0.686. The molecular weight excluding hydrogens is 366 g/mol. The van der Waals surface area contributed by atoms with Crippen LogP contribution >= 0.6 is 15.9 Å². The van der Waals surface area contributed by atoms with Crippen molar-refractivity contribution in [1.29, 1.82) is 0 Å². The van der Waals surface area contributed by atoms with Crippen molar-refractivity contribution in [3.63, 3.8) is 0 Å². The molecule has 1 aliphatic carbocycles. The number of rotatable bonds is 3. The highest BCUT2D eigenvalue weighted by atomic mass is 79.9. The van der Waals surface area contributed by atoms with Crippen molar-refractivity contribution in [3.05, 3.63) is 63.9 Å². The number of phenolic OH excluding ortho intramolecular Hbond substituents is 1. The van der Waals surface area contributed by atoms with Gasteiger partial charge in [-0.05, 0) is 42.5 Å². The van der Waals surface area contributed by atoms with Gasteiger partial charge in [0.1, 0.15) is 5.75 Å². The zero-order chi connectivity index (χ0) is 16.7. The minimum atomic E-state index is 0.124. The average Bonchev–Trinajstić information content (AvgIpc) is 3.09. The molecule has 0 saturated heterocycles. The summed E-state index contributed by atoms with van der Waals surface area (Å²) in [5, 5.41) is 12.3. The summed E-state index contributed by atoms with van der Waals surface area (Å²) in [5.41, 5.74) is 4.91. The molecule has 122 valence electrons. The molecule has 0 spiro atoms. The van der Waals surface area contributed by atoms with Gasteiger partial charge in [0, 0.05) is 28.4 Å². The molecule has 1 aliphatic rings. The summed E-state index contributed by atoms with van der Waals surface area (Å²) in [6.07, 6.45) is 2.73. The second-order valence-electron chi connectivity index (χ2n) is 6.18. The molecule has 4 rings (SSSR count). The van der Waals surface area contributed by atoms with E-state index in [1.54, 1.807) is 6.07 Å². The molecular formula is C20H18BrNO2. The summed E-state index contributed by atoms with van der Waals surface area (Å²) in [5.74, 6) is 0.270. The van der Waals surface area contributed by atoms with Gasteiger partial charge in [-0.25, -0.2) is 0 Å². The summed E-state index contributed by atoms with van der Waals surface area (Å²) in [4.78, 5) is 12.9. The maximum atomic E-state index is 12.9. The number of aromatic hydroxyl groups is 1. The predicted octanol–water partition coefficient (Wildman–Crippen LogP) is 4.26. The summed E-state index contributed by atoms with van der Waals surface area (Å²) in [7, 11) is 0. The number of benzene rings is 2. The number of phenols is 1. The Kier molecular flexibility index (Phi) is 3.93. The van der Waals surface area contributed by atoms with Crippen LogP contribution in [-0.2, 0) is 19.4 Å². The Morgan fingerprint density at radius 2 is 1.79 bits per heavy atom. The Balaban J connectivity index is 2.18. The van der Waals surface area contributed by atoms with Gasteiger partial charge < -0.3 is 9.67 Å². The Hall–Kier alpha value is -2.07. The number of hydrogen-bond donors (Lipinski definition) is 1. The first kappa shape index (κ1) is 15.5. The molecule has 1 aromatic heterocycles. The Bertz CT molecular complexity index is 977. The van der Waals surface area contributed by atoms with Gasteiger partial charge in [-0.3, -0.25) is 4.79 Å². The van der Waals surface area contributed by atoms with Crippen molar-refractivity contribution in [2.45, 2.75) is 25.8 Å². The monoisotopic (exact) mass is 383 g/mol. The lowest BCUT2D eigenvalue weighted by atomic mass is 9.94. The van der Waals surface area contributed by atoms with Crippen molar-refractivity contribution >= 4 is 26.8 Å². The first-order valence-electron chi connectivity index (χ1n) is 8.24. The Morgan fingerprint density at radius 1 is 1.04 bits per heavy atom. The zero-order valence-electron chi connectivity index (χ0n) is 13.3. The number of halogens is 1. The lowest BCUT2D eigenvalue weighted by molar-refractivity contribution is 0.478. The van der Waals surface area contributed by atoms with E-state index in [9.17, 15) is 9.90 Å². The van der Waals surface area contributed by atoms with Gasteiger partial charge in [-0.2, -0.15) is 0 Å². The van der Waals surface area contributed by atoms with Crippen molar-refractivity contribution in [1.82, 2.24) is 4.57 Å². The normalized spacial score (nSPS) is 13.4. The van der Waals surface area contributed by atoms with Crippen LogP contribution in [-0.4, -0.2) is 15.0 Å². The van der Waals surface area contributed by atoms with E-state index >= 15 is 0 Å². The van der Waals surface area contributed by atoms with Crippen LogP contribution in [0, 0.1) is 0 Å². The maximum absolute atomic E-state index is 12.9. The number of fused-ring (bicyclic) bond motifs is 3. The molecule has 0 unspecified atom stereocenters. The molecule has 24 heavy (non-hydrogen) atoms. The third-order valence-electron chi connectivity index (χ3n) is 4.85. The van der Waals surface area contributed by atoms with E-state index in [0.717, 1.165) is 57.7 Å². The van der Waals surface area contributed by atoms with Crippen LogP contribution in [0.4, 0.5) is 0 Å². The molecule has 0 aliphatic heterocycles. The number of aryl methyl sites for hydroxylation is 2. The highest BCUT2D eigenvalue weighted by Crippen LogP contribution is 2.40. The van der Waals surface area contributed by atoms with E-state index in [2.05, 4.69) is 15.9 Å². The van der Waals surface area contributed by atoms with Crippen LogP contribution in [0.15, 0.2) is 47.3 Å². The van der Waals surface area contributed by atoms with E-state index in [-0.39, 0.29) is 11.3 Å². The van der Waals surface area contributed by atoms with Gasteiger partial charge in [0.15, 0.2) is 0 Å². The van der Waals surface area contributed by atoms with Gasteiger partial charge in [-0.1, -0.05) is 46.3 Å². The molecule has 0 amide bonds. The van der Waals surface area contributed by atoms with Gasteiger partial charge in [0.2, 0.25) is 0 Å². The van der Waals surface area contributed by atoms with Crippen molar-refractivity contribution < 1.29 is 5.11 Å². The van der Waals surface area contributed by atoms with Crippen LogP contribution in [0.3, 0.4) is 0 Å². The molecule has 0 saturated carbocycles. The van der Waals surface area contributed by atoms with Crippen LogP contribution in [0.25, 0.3) is 22.0 Å². The maximum Gasteiger partial charge on any atom is 0.254 e. The van der Waals surface area contributed by atoms with Crippen LogP contribution in [0.1, 0.15) is 17.5 Å². The van der Waals surface area contributed by atoms with E-state index < -0.39 is 0 Å². The number of pyridine rings is 1. The van der Waals surface area contributed by atoms with Crippen LogP contribution < -0.4 is 5.56 Å². The molecule has 1 heterocycles. The van der Waals surface area contributed by atoms with E-state index in [1.165, 1.54) is 0 Å². The van der Waals surface area contributed by atoms with Gasteiger partial charge in [-0.15, -0.1) is 0 Å². The molecule has 1 N–H and O–H groups in total. The smallest absolute Gasteiger partial charge is 0.254 e. The van der Waals surface area contributed by atoms with Gasteiger partial charge in [0.05, 0.1) is 5.52 Å². The molecule has 0 radical (unpaired) electrons. The van der Waals surface area contributed by atoms with Crippen LogP contribution in [0.2, 0.25) is 0 Å². The zero-order valence-corrected chi connectivity index (χ0v) is 14.8. The minimum Gasteiger partial charge on any atom is -0.507 e. The summed E-state index contributed by atoms with van der Waals surface area (Å²) in [6.45, 7) is 0.627. The highest BCUT2D eigenvalue weighted by molar-refractivity contribution is 9.09. The molecule has 0 fully saturated rings. The second kappa shape index (κ2) is 6.10. The summed E-state index contributed by atoms with van der Waals surface area (Å²) < 4.78 is 1.85. The minimum absolute atomic E-state index is 0.124. The summed E-state index contributed by atoms with van der Waals surface area (Å²) >= 11 is 3.46. The summed E-state index contributed by atoms with van der Waals surface area (Å²) in [6, 6.07) is 13.5. The molecule has 0 atom stereocenters. The van der Waals surface area contributed by atoms with Crippen molar-refractivity contribution in [3.8, 4) is 16.9 Å². The fraction of sp³-hybridized carbons (Fsp3) is 0.250. The molecule has 3 nitrogen and oxygen atoms in total. The van der Waals surface area contributed by atoms with E-state index in [4.69, 9.17) is 0 Å². The number of aromatic nitrogens is 1. The van der Waals surface area contributed by atoms with Gasteiger partial charge >= 0.3 is 0 Å². The number of hydrogen-bond acceptors (Lipinski definition) is 2. The molecule has 2 aromatic carbocycles. The standard InChI is InChI=1S/C20H18BrNO2/c21-11-12-22-16-9-10-17(23)18(13-5-2-1-3-6-13)19(16)14-7-4-8-15(14)20(22)24/h1-3,5-6,9-10,23H,4,7-8,11-12H2. The van der Waals surface area contributed by atoms with Gasteiger partial charge in [0.25, 0.3) is 5.56 Å². The molecule has 3 aromatic rings. The topological polar surface area (TPSA) is 42.2 Å². The number of alkyl halides is 1. The van der Waals surface area contributed by atoms with Crippen LogP contribution in [0.5, 0.6) is 5.75 Å². The second-order valence-corrected chi connectivity index (χ2v) is 6.97. The lowest BCUT2D eigenvalue weighted by Crippen LogP contribution is -2.25. The molecule has 0 bridgehead atoms. The first-order valence-corrected chi connectivity index (χ1v) is 9.36. The highest BCUT2D eigenvalue weighted by Gasteiger charge is 2.24. The fourth-order valence-corrected chi connectivity index (χ4v) is 4.20. The van der Waals surface area contributed by atoms with Crippen molar-refractivity contribution in [2.75, 3.05) is 5.33 Å². The predicted molar refractivity (Wildman–Crippen MR) is 101 cm³/mol. The average molecular weight is 384 g/mol. The third kappa shape index (κ3) is 2.28. The van der Waals surface area contributed by atoms with E-state index in [1.807, 2.05) is 41.0 Å². The fourth-order valence-electron chi connectivity index (χ4n) is 3.84. The third-order valence-corrected chi connectivity index (χ3v) is 5.20. The molecule has 4 heteroatoms. The Labute approximate surface area is 148 Å². The lowest BCUT2D eigenvalue weighted by Gasteiger charge is -2.17. The van der Waals surface area contributed by atoms with Crippen molar-refractivity contribution in [2.24, 2.45) is 0 Å². The largest absolute Gasteiger partial charge is 0.507 e. The first-order chi connectivity index (χ1) is 11.7. The van der Waals surface area contributed by atoms with E-state index in [0.29, 0.717) is 6.54 Å². The number of nitrogens with zero attached hydrogens (tertiary/aromatic N) is 1.